The van der Waals surface area contributed by atoms with Crippen LogP contribution in [0, 0.1) is 19.3 Å². The normalized spacial score (nSPS) is 14.5. The second-order valence-corrected chi connectivity index (χ2v) is 8.64. The van der Waals surface area contributed by atoms with Crippen LogP contribution in [0.1, 0.15) is 48.2 Å². The molecule has 0 saturated heterocycles. The third-order valence-electron chi connectivity index (χ3n) is 6.26. The Kier molecular flexibility index (Phi) is 5.84. The molecule has 4 rings (SSSR count). The fraction of sp³-hybridized carbons (Fsp3) is 0.296. The number of para-hydroxylation sites is 2. The molecule has 31 heavy (non-hydrogen) atoms. The number of rotatable bonds is 6. The van der Waals surface area contributed by atoms with E-state index in [0.717, 1.165) is 16.6 Å². The predicted molar refractivity (Wildman–Crippen MR) is 126 cm³/mol. The molecule has 0 spiro atoms. The first-order chi connectivity index (χ1) is 14.9. The third-order valence-corrected chi connectivity index (χ3v) is 6.26. The van der Waals surface area contributed by atoms with Gasteiger partial charge in [0.2, 0.25) is 5.62 Å². The molecule has 2 N–H and O–H groups in total. The molecule has 0 aliphatic heterocycles. The molecule has 0 amide bonds. The Morgan fingerprint density at radius 1 is 0.774 bits per heavy atom. The van der Waals surface area contributed by atoms with E-state index >= 15 is 0 Å². The number of aliphatic hydroxyl groups excluding tert-OH is 1. The summed E-state index contributed by atoms with van der Waals surface area (Å²) in [5.41, 5.74) is 7.16. The van der Waals surface area contributed by atoms with Crippen LogP contribution in [-0.4, -0.2) is 20.3 Å². The van der Waals surface area contributed by atoms with Crippen molar-refractivity contribution in [1.29, 1.82) is 5.41 Å². The van der Waals surface area contributed by atoms with E-state index in [0.29, 0.717) is 12.0 Å². The lowest BCUT2D eigenvalue weighted by atomic mass is 10.0. The van der Waals surface area contributed by atoms with Crippen LogP contribution in [0.5, 0.6) is 0 Å². The number of fused-ring (bicyclic) bond motifs is 1. The second kappa shape index (κ2) is 8.56. The molecule has 1 aromatic heterocycles. The van der Waals surface area contributed by atoms with Crippen molar-refractivity contribution in [3.05, 3.63) is 101 Å². The van der Waals surface area contributed by atoms with Crippen molar-refractivity contribution in [2.45, 2.75) is 52.3 Å². The van der Waals surface area contributed by atoms with Gasteiger partial charge in [-0.2, -0.15) is 0 Å². The summed E-state index contributed by atoms with van der Waals surface area (Å²) >= 11 is 0. The minimum absolute atomic E-state index is 0.00766. The lowest BCUT2D eigenvalue weighted by Crippen LogP contribution is -2.34. The summed E-state index contributed by atoms with van der Waals surface area (Å²) in [6.07, 6.45) is 0.0749. The van der Waals surface area contributed by atoms with Crippen molar-refractivity contribution in [3.8, 4) is 0 Å². The molecule has 0 aliphatic rings. The zero-order chi connectivity index (χ0) is 22.1. The summed E-state index contributed by atoms with van der Waals surface area (Å²) in [7, 11) is 0. The first-order valence-corrected chi connectivity index (χ1v) is 10.9. The van der Waals surface area contributed by atoms with Crippen LogP contribution >= 0.6 is 0 Å². The molecular formula is C27H31N3O. The van der Waals surface area contributed by atoms with E-state index in [1.54, 1.807) is 0 Å². The van der Waals surface area contributed by atoms with Gasteiger partial charge in [-0.1, -0.05) is 71.8 Å². The van der Waals surface area contributed by atoms with Gasteiger partial charge in [-0.25, -0.2) is 0 Å². The van der Waals surface area contributed by atoms with Gasteiger partial charge in [0.1, 0.15) is 0 Å². The average molecular weight is 414 g/mol. The molecule has 3 atom stereocenters. The molecule has 1 heterocycles. The molecule has 0 aliphatic carbocycles. The Morgan fingerprint density at radius 2 is 1.29 bits per heavy atom. The zero-order valence-corrected chi connectivity index (χ0v) is 18.7. The quantitative estimate of drug-likeness (QED) is 0.442. The zero-order valence-electron chi connectivity index (χ0n) is 18.7. The van der Waals surface area contributed by atoms with Gasteiger partial charge >= 0.3 is 0 Å². The van der Waals surface area contributed by atoms with E-state index in [2.05, 4.69) is 86.0 Å². The summed E-state index contributed by atoms with van der Waals surface area (Å²) < 4.78 is 4.08. The maximum absolute atomic E-state index is 10.7. The predicted octanol–water partition coefficient (Wildman–Crippen LogP) is 5.31. The van der Waals surface area contributed by atoms with Gasteiger partial charge in [-0.3, -0.25) is 5.41 Å². The summed E-state index contributed by atoms with van der Waals surface area (Å²) in [6.45, 7) is 8.12. The molecule has 3 aromatic carbocycles. The molecule has 0 bridgehead atoms. The number of benzene rings is 3. The molecule has 160 valence electrons. The van der Waals surface area contributed by atoms with Gasteiger partial charge in [0.25, 0.3) is 0 Å². The molecular weight excluding hydrogens is 382 g/mol. The summed E-state index contributed by atoms with van der Waals surface area (Å²) in [5.74, 6) is 0. The molecule has 0 saturated carbocycles. The highest BCUT2D eigenvalue weighted by molar-refractivity contribution is 5.76. The molecule has 4 aromatic rings. The van der Waals surface area contributed by atoms with Crippen molar-refractivity contribution < 1.29 is 5.11 Å². The number of nitrogens with zero attached hydrogens (tertiary/aromatic N) is 2. The van der Waals surface area contributed by atoms with E-state index in [9.17, 15) is 5.11 Å². The maximum Gasteiger partial charge on any atom is 0.203 e. The van der Waals surface area contributed by atoms with Crippen LogP contribution < -0.4 is 5.62 Å². The number of hydrogen-bond donors (Lipinski definition) is 2. The summed E-state index contributed by atoms with van der Waals surface area (Å²) in [6, 6.07) is 24.9. The first kappa shape index (κ1) is 21.1. The first-order valence-electron chi connectivity index (χ1n) is 10.9. The topological polar surface area (TPSA) is 53.9 Å². The van der Waals surface area contributed by atoms with Crippen molar-refractivity contribution in [3.63, 3.8) is 0 Å². The Morgan fingerprint density at radius 3 is 1.84 bits per heavy atom. The van der Waals surface area contributed by atoms with Crippen molar-refractivity contribution >= 4 is 11.0 Å². The highest BCUT2D eigenvalue weighted by Gasteiger charge is 2.25. The maximum atomic E-state index is 10.7. The summed E-state index contributed by atoms with van der Waals surface area (Å²) in [4.78, 5) is 0. The third kappa shape index (κ3) is 4.08. The number of nitrogens with one attached hydrogen (secondary N) is 1. The number of aliphatic hydroxyl groups is 1. The number of imidazole rings is 1. The standard InChI is InChI=1S/C27H31N3O/c1-18-9-13-22(14-10-18)17-26(21(4)31)30-25-8-6-5-7-24(25)29(27(30)28)20(3)23-15-11-19(2)12-16-23/h5-16,20-21,26,28,31H,17H2,1-4H3/t20?,21-,26?/m0/s1. The fourth-order valence-electron chi connectivity index (χ4n) is 4.38. The van der Waals surface area contributed by atoms with Crippen molar-refractivity contribution in [2.75, 3.05) is 0 Å². The monoisotopic (exact) mass is 413 g/mol. The van der Waals surface area contributed by atoms with E-state index in [-0.39, 0.29) is 12.1 Å². The highest BCUT2D eigenvalue weighted by Crippen LogP contribution is 2.27. The van der Waals surface area contributed by atoms with E-state index in [1.165, 1.54) is 16.7 Å². The minimum Gasteiger partial charge on any atom is -0.391 e. The molecule has 4 nitrogen and oxygen atoms in total. The highest BCUT2D eigenvalue weighted by atomic mass is 16.3. The van der Waals surface area contributed by atoms with Crippen LogP contribution in [-0.2, 0) is 6.42 Å². The second-order valence-electron chi connectivity index (χ2n) is 8.64. The number of hydrogen-bond acceptors (Lipinski definition) is 2. The minimum atomic E-state index is -0.593. The molecule has 4 heteroatoms. The van der Waals surface area contributed by atoms with Crippen LogP contribution in [0.15, 0.2) is 72.8 Å². The number of aryl methyl sites for hydroxylation is 2. The van der Waals surface area contributed by atoms with Crippen LogP contribution in [0.2, 0.25) is 0 Å². The van der Waals surface area contributed by atoms with Crippen LogP contribution in [0.3, 0.4) is 0 Å². The van der Waals surface area contributed by atoms with Gasteiger partial charge in [0, 0.05) is 0 Å². The smallest absolute Gasteiger partial charge is 0.203 e. The Bertz CT molecular complexity index is 1230. The molecule has 2 unspecified atom stereocenters. The van der Waals surface area contributed by atoms with Gasteiger partial charge in [0.05, 0.1) is 29.2 Å². The van der Waals surface area contributed by atoms with E-state index in [4.69, 9.17) is 5.41 Å². The largest absolute Gasteiger partial charge is 0.391 e. The van der Waals surface area contributed by atoms with Gasteiger partial charge in [-0.05, 0) is 57.4 Å². The molecule has 0 fully saturated rings. The Labute approximate surface area is 183 Å². The van der Waals surface area contributed by atoms with Crippen molar-refractivity contribution in [2.24, 2.45) is 0 Å². The van der Waals surface area contributed by atoms with Crippen molar-refractivity contribution in [1.82, 2.24) is 9.13 Å². The average Bonchev–Trinajstić information content (AvgIpc) is 3.05. The van der Waals surface area contributed by atoms with E-state index in [1.807, 2.05) is 23.6 Å². The SMILES string of the molecule is Cc1ccc(CC([C@H](C)O)n2c(=N)n(C(C)c3ccc(C)cc3)c3ccccc32)cc1. The van der Waals surface area contributed by atoms with Crippen LogP contribution in [0.4, 0.5) is 0 Å². The Hall–Kier alpha value is -3.11. The van der Waals surface area contributed by atoms with Gasteiger partial charge in [-0.15, -0.1) is 0 Å². The fourth-order valence-corrected chi connectivity index (χ4v) is 4.38. The number of aromatic nitrogens is 2. The summed E-state index contributed by atoms with van der Waals surface area (Å²) in [5, 5.41) is 19.9. The lowest BCUT2D eigenvalue weighted by Gasteiger charge is -2.23. The lowest BCUT2D eigenvalue weighted by molar-refractivity contribution is 0.128. The van der Waals surface area contributed by atoms with Gasteiger partial charge in [0.15, 0.2) is 0 Å². The Balaban J connectivity index is 1.85. The molecule has 0 radical (unpaired) electrons. The van der Waals surface area contributed by atoms with Crippen LogP contribution in [0.25, 0.3) is 11.0 Å². The van der Waals surface area contributed by atoms with Gasteiger partial charge < -0.3 is 14.2 Å². The van der Waals surface area contributed by atoms with E-state index < -0.39 is 6.10 Å².